The lowest BCUT2D eigenvalue weighted by Gasteiger charge is -2.23. The van der Waals surface area contributed by atoms with E-state index in [0.717, 1.165) is 27.4 Å². The Morgan fingerprint density at radius 1 is 1.25 bits per heavy atom. The molecular formula is C16H16N2O2. The molecule has 0 saturated heterocycles. The number of pyridine rings is 1. The first-order chi connectivity index (χ1) is 9.47. The predicted molar refractivity (Wildman–Crippen MR) is 78.9 cm³/mol. The first-order valence-corrected chi connectivity index (χ1v) is 6.55. The highest BCUT2D eigenvalue weighted by molar-refractivity contribution is 6.07. The van der Waals surface area contributed by atoms with Crippen molar-refractivity contribution in [3.05, 3.63) is 42.2 Å². The number of aromatic amines is 1. The molecule has 0 fully saturated rings. The maximum absolute atomic E-state index is 11.0. The summed E-state index contributed by atoms with van der Waals surface area (Å²) in [6, 6.07) is 8.01. The number of aromatic nitrogens is 2. The minimum Gasteiger partial charge on any atom is -0.481 e. The molecule has 2 aromatic heterocycles. The highest BCUT2D eigenvalue weighted by Crippen LogP contribution is 2.32. The fourth-order valence-electron chi connectivity index (χ4n) is 2.64. The van der Waals surface area contributed by atoms with E-state index in [9.17, 15) is 4.79 Å². The molecule has 0 unspecified atom stereocenters. The van der Waals surface area contributed by atoms with E-state index in [1.807, 2.05) is 38.2 Å². The predicted octanol–water partition coefficient (Wildman–Crippen LogP) is 3.47. The van der Waals surface area contributed by atoms with Gasteiger partial charge in [0.25, 0.3) is 0 Å². The smallest absolute Gasteiger partial charge is 0.304 e. The summed E-state index contributed by atoms with van der Waals surface area (Å²) in [5.41, 5.74) is 2.72. The number of hydrogen-bond acceptors (Lipinski definition) is 2. The number of carboxylic acid groups (broad SMARTS) is 1. The topological polar surface area (TPSA) is 66.0 Å². The minimum absolute atomic E-state index is 0.110. The van der Waals surface area contributed by atoms with E-state index >= 15 is 0 Å². The van der Waals surface area contributed by atoms with Crippen LogP contribution < -0.4 is 0 Å². The lowest BCUT2D eigenvalue weighted by atomic mass is 9.81. The standard InChI is InChI=1S/C16H16N2O2/c1-16(2,8-15(19)20)10-3-4-13-11(7-10)12-9-17-6-5-14(12)18-13/h3-7,9,18H,8H2,1-2H3,(H,19,20). The van der Waals surface area contributed by atoms with Gasteiger partial charge in [0.15, 0.2) is 0 Å². The molecule has 0 aliphatic heterocycles. The van der Waals surface area contributed by atoms with Crippen molar-refractivity contribution in [3.63, 3.8) is 0 Å². The molecule has 102 valence electrons. The van der Waals surface area contributed by atoms with E-state index in [1.165, 1.54) is 0 Å². The minimum atomic E-state index is -0.782. The zero-order valence-electron chi connectivity index (χ0n) is 11.5. The van der Waals surface area contributed by atoms with Crippen LogP contribution in [0.25, 0.3) is 21.8 Å². The Balaban J connectivity index is 2.19. The molecular weight excluding hydrogens is 252 g/mol. The second-order valence-corrected chi connectivity index (χ2v) is 5.76. The Morgan fingerprint density at radius 2 is 2.00 bits per heavy atom. The number of nitrogens with zero attached hydrogens (tertiary/aromatic N) is 1. The second kappa shape index (κ2) is 4.34. The number of rotatable bonds is 3. The van der Waals surface area contributed by atoms with Crippen molar-refractivity contribution in [2.45, 2.75) is 25.7 Å². The fraction of sp³-hybridized carbons (Fsp3) is 0.250. The monoisotopic (exact) mass is 268 g/mol. The third kappa shape index (κ3) is 2.03. The molecule has 0 aliphatic rings. The van der Waals surface area contributed by atoms with Gasteiger partial charge < -0.3 is 10.1 Å². The molecule has 0 radical (unpaired) electrons. The van der Waals surface area contributed by atoms with Crippen molar-refractivity contribution in [1.29, 1.82) is 0 Å². The lowest BCUT2D eigenvalue weighted by Crippen LogP contribution is -2.21. The van der Waals surface area contributed by atoms with Gasteiger partial charge in [-0.05, 0) is 23.8 Å². The first kappa shape index (κ1) is 12.7. The summed E-state index contributed by atoms with van der Waals surface area (Å²) >= 11 is 0. The molecule has 4 nitrogen and oxygen atoms in total. The molecule has 4 heteroatoms. The summed E-state index contributed by atoms with van der Waals surface area (Å²) in [6.07, 6.45) is 3.70. The van der Waals surface area contributed by atoms with E-state index < -0.39 is 11.4 Å². The Morgan fingerprint density at radius 3 is 2.75 bits per heavy atom. The summed E-state index contributed by atoms with van der Waals surface area (Å²) < 4.78 is 0. The third-order valence-electron chi connectivity index (χ3n) is 3.77. The van der Waals surface area contributed by atoms with Gasteiger partial charge in [-0.15, -0.1) is 0 Å². The summed E-state index contributed by atoms with van der Waals surface area (Å²) in [5.74, 6) is -0.782. The average Bonchev–Trinajstić information content (AvgIpc) is 2.74. The number of H-pyrrole nitrogens is 1. The van der Waals surface area contributed by atoms with Crippen LogP contribution in [-0.2, 0) is 10.2 Å². The van der Waals surface area contributed by atoms with Crippen molar-refractivity contribution in [3.8, 4) is 0 Å². The van der Waals surface area contributed by atoms with Crippen LogP contribution in [0.2, 0.25) is 0 Å². The fourth-order valence-corrected chi connectivity index (χ4v) is 2.64. The molecule has 0 spiro atoms. The van der Waals surface area contributed by atoms with Gasteiger partial charge in [0.1, 0.15) is 0 Å². The van der Waals surface area contributed by atoms with Crippen molar-refractivity contribution in [2.24, 2.45) is 0 Å². The molecule has 3 aromatic rings. The Bertz CT molecular complexity index is 802. The van der Waals surface area contributed by atoms with Crippen LogP contribution in [0.5, 0.6) is 0 Å². The zero-order chi connectivity index (χ0) is 14.3. The number of hydrogen-bond donors (Lipinski definition) is 2. The molecule has 0 saturated carbocycles. The summed E-state index contributed by atoms with van der Waals surface area (Å²) in [6.45, 7) is 3.91. The maximum atomic E-state index is 11.0. The van der Waals surface area contributed by atoms with Crippen molar-refractivity contribution in [2.75, 3.05) is 0 Å². The second-order valence-electron chi connectivity index (χ2n) is 5.76. The van der Waals surface area contributed by atoms with E-state index in [0.29, 0.717) is 0 Å². The van der Waals surface area contributed by atoms with Crippen LogP contribution in [-0.4, -0.2) is 21.0 Å². The van der Waals surface area contributed by atoms with Crippen molar-refractivity contribution in [1.82, 2.24) is 9.97 Å². The Kier molecular flexibility index (Phi) is 2.74. The average molecular weight is 268 g/mol. The third-order valence-corrected chi connectivity index (χ3v) is 3.77. The number of carbonyl (C=O) groups is 1. The van der Waals surface area contributed by atoms with E-state index in [1.54, 1.807) is 6.20 Å². The van der Waals surface area contributed by atoms with Crippen LogP contribution in [0.15, 0.2) is 36.7 Å². The van der Waals surface area contributed by atoms with Crippen molar-refractivity contribution >= 4 is 27.8 Å². The highest BCUT2D eigenvalue weighted by Gasteiger charge is 2.24. The number of benzene rings is 1. The number of carboxylic acids is 1. The molecule has 1 aromatic carbocycles. The Hall–Kier alpha value is -2.36. The summed E-state index contributed by atoms with van der Waals surface area (Å²) in [5, 5.41) is 11.2. The van der Waals surface area contributed by atoms with Crippen LogP contribution in [0.1, 0.15) is 25.8 Å². The van der Waals surface area contributed by atoms with Gasteiger partial charge in [-0.3, -0.25) is 9.78 Å². The van der Waals surface area contributed by atoms with Gasteiger partial charge in [0.05, 0.1) is 6.42 Å². The van der Waals surface area contributed by atoms with Gasteiger partial charge in [-0.2, -0.15) is 0 Å². The summed E-state index contributed by atoms with van der Waals surface area (Å²) in [7, 11) is 0. The van der Waals surface area contributed by atoms with Crippen LogP contribution in [0.4, 0.5) is 0 Å². The quantitative estimate of drug-likeness (QED) is 0.764. The molecule has 3 rings (SSSR count). The molecule has 0 bridgehead atoms. The van der Waals surface area contributed by atoms with Gasteiger partial charge in [-0.1, -0.05) is 19.9 Å². The highest BCUT2D eigenvalue weighted by atomic mass is 16.4. The molecule has 20 heavy (non-hydrogen) atoms. The largest absolute Gasteiger partial charge is 0.481 e. The van der Waals surface area contributed by atoms with Crippen LogP contribution >= 0.6 is 0 Å². The number of nitrogens with one attached hydrogen (secondary N) is 1. The van der Waals surface area contributed by atoms with Crippen LogP contribution in [0.3, 0.4) is 0 Å². The molecule has 0 amide bonds. The molecule has 2 heterocycles. The Labute approximate surface area is 116 Å². The van der Waals surface area contributed by atoms with E-state index in [-0.39, 0.29) is 6.42 Å². The molecule has 2 N–H and O–H groups in total. The van der Waals surface area contributed by atoms with Gasteiger partial charge in [-0.25, -0.2) is 0 Å². The van der Waals surface area contributed by atoms with Gasteiger partial charge in [0.2, 0.25) is 0 Å². The van der Waals surface area contributed by atoms with Gasteiger partial charge in [0, 0.05) is 39.6 Å². The summed E-state index contributed by atoms with van der Waals surface area (Å²) in [4.78, 5) is 18.5. The molecule has 0 atom stereocenters. The maximum Gasteiger partial charge on any atom is 0.304 e. The normalized spacial score (nSPS) is 12.1. The first-order valence-electron chi connectivity index (χ1n) is 6.55. The SMILES string of the molecule is CC(C)(CC(=O)O)c1ccc2[nH]c3ccncc3c2c1. The van der Waals surface area contributed by atoms with E-state index in [2.05, 4.69) is 16.0 Å². The van der Waals surface area contributed by atoms with Crippen LogP contribution in [0, 0.1) is 0 Å². The number of fused-ring (bicyclic) bond motifs is 3. The van der Waals surface area contributed by atoms with E-state index in [4.69, 9.17) is 5.11 Å². The van der Waals surface area contributed by atoms with Gasteiger partial charge >= 0.3 is 5.97 Å². The lowest BCUT2D eigenvalue weighted by molar-refractivity contribution is -0.138. The number of aliphatic carboxylic acids is 1. The zero-order valence-corrected chi connectivity index (χ0v) is 11.5. The molecule has 0 aliphatic carbocycles. The van der Waals surface area contributed by atoms with Crippen molar-refractivity contribution < 1.29 is 9.90 Å².